The molecule has 7 nitrogen and oxygen atoms in total. The van der Waals surface area contributed by atoms with E-state index in [0.717, 1.165) is 16.9 Å². The highest BCUT2D eigenvalue weighted by Gasteiger charge is 2.23. The first-order valence-electron chi connectivity index (χ1n) is 9.82. The fraction of sp³-hybridized carbons (Fsp3) is 0.273. The SMILES string of the molecule is CCN(CC)S(=O)(=O)c1ccc(C)c(NC(=O)c2csc(-c3ccc(OC)cc3)n2)c1. The van der Waals surface area contributed by atoms with Gasteiger partial charge in [0.05, 0.1) is 12.0 Å². The third-order valence-electron chi connectivity index (χ3n) is 4.87. The molecule has 9 heteroatoms. The lowest BCUT2D eigenvalue weighted by Crippen LogP contribution is -2.30. The molecule has 31 heavy (non-hydrogen) atoms. The number of sulfonamides is 1. The normalized spacial score (nSPS) is 11.5. The van der Waals surface area contributed by atoms with Crippen molar-refractivity contribution in [3.05, 3.63) is 59.1 Å². The Kier molecular flexibility index (Phi) is 7.09. The van der Waals surface area contributed by atoms with E-state index in [4.69, 9.17) is 4.74 Å². The van der Waals surface area contributed by atoms with Gasteiger partial charge in [-0.05, 0) is 48.9 Å². The summed E-state index contributed by atoms with van der Waals surface area (Å²) in [5, 5.41) is 5.19. The molecule has 1 N–H and O–H groups in total. The highest BCUT2D eigenvalue weighted by atomic mass is 32.2. The van der Waals surface area contributed by atoms with Gasteiger partial charge < -0.3 is 10.1 Å². The van der Waals surface area contributed by atoms with Gasteiger partial charge in [0.15, 0.2) is 0 Å². The Balaban J connectivity index is 1.83. The van der Waals surface area contributed by atoms with Gasteiger partial charge in [-0.25, -0.2) is 13.4 Å². The van der Waals surface area contributed by atoms with E-state index in [0.29, 0.717) is 23.8 Å². The number of methoxy groups -OCH3 is 1. The number of nitrogens with one attached hydrogen (secondary N) is 1. The van der Waals surface area contributed by atoms with Crippen molar-refractivity contribution in [2.75, 3.05) is 25.5 Å². The van der Waals surface area contributed by atoms with Crippen LogP contribution in [-0.4, -0.2) is 43.8 Å². The van der Waals surface area contributed by atoms with Gasteiger partial charge in [0.1, 0.15) is 16.5 Å². The van der Waals surface area contributed by atoms with Gasteiger partial charge in [-0.3, -0.25) is 4.79 Å². The van der Waals surface area contributed by atoms with Gasteiger partial charge >= 0.3 is 0 Å². The summed E-state index contributed by atoms with van der Waals surface area (Å²) in [5.41, 5.74) is 2.36. The Morgan fingerprint density at radius 3 is 2.42 bits per heavy atom. The number of amides is 1. The minimum atomic E-state index is -3.62. The molecule has 0 aliphatic carbocycles. The number of carbonyl (C=O) groups excluding carboxylic acids is 1. The quantitative estimate of drug-likeness (QED) is 0.539. The summed E-state index contributed by atoms with van der Waals surface area (Å²) >= 11 is 1.36. The Labute approximate surface area is 186 Å². The van der Waals surface area contributed by atoms with Crippen molar-refractivity contribution in [3.8, 4) is 16.3 Å². The third kappa shape index (κ3) is 4.95. The van der Waals surface area contributed by atoms with Gasteiger partial charge in [-0.1, -0.05) is 19.9 Å². The van der Waals surface area contributed by atoms with Crippen LogP contribution in [0.1, 0.15) is 29.9 Å². The highest BCUT2D eigenvalue weighted by molar-refractivity contribution is 7.89. The van der Waals surface area contributed by atoms with Crippen LogP contribution in [0.15, 0.2) is 52.7 Å². The second-order valence-corrected chi connectivity index (χ2v) is 9.58. The van der Waals surface area contributed by atoms with E-state index in [1.165, 1.54) is 21.7 Å². The van der Waals surface area contributed by atoms with Crippen LogP contribution in [0.2, 0.25) is 0 Å². The molecule has 0 unspecified atom stereocenters. The zero-order valence-corrected chi connectivity index (χ0v) is 19.5. The summed E-state index contributed by atoms with van der Waals surface area (Å²) in [6.07, 6.45) is 0. The van der Waals surface area contributed by atoms with Crippen molar-refractivity contribution < 1.29 is 17.9 Å². The molecule has 0 fully saturated rings. The maximum atomic E-state index is 12.8. The van der Waals surface area contributed by atoms with Crippen molar-refractivity contribution in [2.45, 2.75) is 25.7 Å². The van der Waals surface area contributed by atoms with Gasteiger partial charge in [-0.15, -0.1) is 11.3 Å². The molecule has 2 aromatic carbocycles. The summed E-state index contributed by atoms with van der Waals surface area (Å²) in [6, 6.07) is 12.2. The monoisotopic (exact) mass is 459 g/mol. The first-order chi connectivity index (χ1) is 14.8. The second-order valence-electron chi connectivity index (χ2n) is 6.79. The molecular weight excluding hydrogens is 434 g/mol. The summed E-state index contributed by atoms with van der Waals surface area (Å²) < 4.78 is 32.2. The van der Waals surface area contributed by atoms with E-state index in [1.54, 1.807) is 38.5 Å². The summed E-state index contributed by atoms with van der Waals surface area (Å²) in [5.74, 6) is 0.352. The Hall–Kier alpha value is -2.75. The number of aryl methyl sites for hydroxylation is 1. The molecule has 0 bridgehead atoms. The van der Waals surface area contributed by atoms with Crippen LogP contribution in [0.25, 0.3) is 10.6 Å². The van der Waals surface area contributed by atoms with Crippen LogP contribution in [0.4, 0.5) is 5.69 Å². The number of rotatable bonds is 8. The maximum Gasteiger partial charge on any atom is 0.275 e. The minimum Gasteiger partial charge on any atom is -0.497 e. The van der Waals surface area contributed by atoms with Crippen molar-refractivity contribution in [3.63, 3.8) is 0 Å². The van der Waals surface area contributed by atoms with Gasteiger partial charge in [0.2, 0.25) is 10.0 Å². The van der Waals surface area contributed by atoms with Crippen LogP contribution in [-0.2, 0) is 10.0 Å². The van der Waals surface area contributed by atoms with Crippen molar-refractivity contribution in [2.24, 2.45) is 0 Å². The lowest BCUT2D eigenvalue weighted by atomic mass is 10.2. The molecule has 3 rings (SSSR count). The van der Waals surface area contributed by atoms with Crippen LogP contribution >= 0.6 is 11.3 Å². The number of carbonyl (C=O) groups is 1. The van der Waals surface area contributed by atoms with Crippen molar-refractivity contribution >= 4 is 33.0 Å². The minimum absolute atomic E-state index is 0.147. The third-order valence-corrected chi connectivity index (χ3v) is 7.81. The predicted octanol–water partition coefficient (Wildman–Crippen LogP) is 4.41. The average Bonchev–Trinajstić information content (AvgIpc) is 3.26. The molecule has 1 amide bonds. The van der Waals surface area contributed by atoms with Crippen LogP contribution in [0.3, 0.4) is 0 Å². The molecule has 3 aromatic rings. The summed E-state index contributed by atoms with van der Waals surface area (Å²) in [6.45, 7) is 6.15. The van der Waals surface area contributed by atoms with E-state index in [-0.39, 0.29) is 10.6 Å². The van der Waals surface area contributed by atoms with Crippen LogP contribution in [0.5, 0.6) is 5.75 Å². The molecule has 0 aliphatic heterocycles. The molecule has 1 aromatic heterocycles. The number of ether oxygens (including phenoxy) is 1. The first kappa shape index (κ1) is 22.9. The lowest BCUT2D eigenvalue weighted by Gasteiger charge is -2.19. The number of nitrogens with zero attached hydrogens (tertiary/aromatic N) is 2. The highest BCUT2D eigenvalue weighted by Crippen LogP contribution is 2.27. The first-order valence-corrected chi connectivity index (χ1v) is 12.1. The molecule has 0 aliphatic rings. The molecule has 1 heterocycles. The molecular formula is C22H25N3O4S2. The van der Waals surface area contributed by atoms with Gasteiger partial charge in [-0.2, -0.15) is 4.31 Å². The van der Waals surface area contributed by atoms with Crippen molar-refractivity contribution in [1.82, 2.24) is 9.29 Å². The Bertz CT molecular complexity index is 1170. The average molecular weight is 460 g/mol. The molecule has 0 saturated heterocycles. The number of aromatic nitrogens is 1. The van der Waals surface area contributed by atoms with E-state index in [2.05, 4.69) is 10.3 Å². The zero-order valence-electron chi connectivity index (χ0n) is 17.9. The molecule has 0 saturated carbocycles. The van der Waals surface area contributed by atoms with Gasteiger partial charge in [0.25, 0.3) is 5.91 Å². The van der Waals surface area contributed by atoms with E-state index >= 15 is 0 Å². The lowest BCUT2D eigenvalue weighted by molar-refractivity contribution is 0.102. The van der Waals surface area contributed by atoms with E-state index in [9.17, 15) is 13.2 Å². The van der Waals surface area contributed by atoms with E-state index < -0.39 is 15.9 Å². The largest absolute Gasteiger partial charge is 0.497 e. The standard InChI is InChI=1S/C22H25N3O4S2/c1-5-25(6-2)31(27,28)18-12-7-15(3)19(13-18)23-21(26)20-14-30-22(24-20)16-8-10-17(29-4)11-9-16/h7-14H,5-6H2,1-4H3,(H,23,26). The summed E-state index contributed by atoms with van der Waals surface area (Å²) in [7, 11) is -2.02. The van der Waals surface area contributed by atoms with Crippen LogP contribution in [0, 0.1) is 6.92 Å². The predicted molar refractivity (Wildman–Crippen MR) is 123 cm³/mol. The Morgan fingerprint density at radius 2 is 1.81 bits per heavy atom. The summed E-state index contributed by atoms with van der Waals surface area (Å²) in [4.78, 5) is 17.3. The topological polar surface area (TPSA) is 88.6 Å². The fourth-order valence-electron chi connectivity index (χ4n) is 3.04. The van der Waals surface area contributed by atoms with Crippen molar-refractivity contribution in [1.29, 1.82) is 0 Å². The smallest absolute Gasteiger partial charge is 0.275 e. The number of thiazole rings is 1. The van der Waals surface area contributed by atoms with Gasteiger partial charge in [0, 0.05) is 29.7 Å². The molecule has 0 radical (unpaired) electrons. The van der Waals surface area contributed by atoms with Crippen LogP contribution < -0.4 is 10.1 Å². The fourth-order valence-corrected chi connectivity index (χ4v) is 5.33. The Morgan fingerprint density at radius 1 is 1.13 bits per heavy atom. The number of anilines is 1. The molecule has 0 spiro atoms. The maximum absolute atomic E-state index is 12.8. The second kappa shape index (κ2) is 9.59. The van der Waals surface area contributed by atoms with E-state index in [1.807, 2.05) is 31.2 Å². The molecule has 164 valence electrons. The molecule has 0 atom stereocenters. The number of hydrogen-bond acceptors (Lipinski definition) is 6. The zero-order chi connectivity index (χ0) is 22.6. The number of benzene rings is 2. The number of hydrogen-bond donors (Lipinski definition) is 1.